The zero-order chi connectivity index (χ0) is 19.7. The van der Waals surface area contributed by atoms with Crippen LogP contribution in [0.2, 0.25) is 0 Å². The molecule has 1 atom stereocenters. The summed E-state index contributed by atoms with van der Waals surface area (Å²) in [6.45, 7) is 1.85. The second-order valence-corrected chi connectivity index (χ2v) is 7.45. The van der Waals surface area contributed by atoms with Crippen molar-refractivity contribution in [2.75, 3.05) is 18.7 Å². The molecule has 6 rings (SSSR count). The van der Waals surface area contributed by atoms with Gasteiger partial charge in [0.25, 0.3) is 5.91 Å². The maximum atomic E-state index is 13.3. The van der Waals surface area contributed by atoms with Gasteiger partial charge in [0.2, 0.25) is 12.7 Å². The van der Waals surface area contributed by atoms with E-state index in [2.05, 4.69) is 10.3 Å². The van der Waals surface area contributed by atoms with Crippen molar-refractivity contribution in [2.24, 2.45) is 0 Å². The number of H-pyrrole nitrogens is 1. The molecular weight excluding hydrogens is 370 g/mol. The SMILES string of the molecule is CC(=O)N1CC2=C(C1=O)C(c1ccc3c(c1)OCO3)c1c[nH]c3cccc(c13)N2. The summed E-state index contributed by atoms with van der Waals surface area (Å²) < 4.78 is 11.0. The number of anilines is 1. The Labute approximate surface area is 165 Å². The summed E-state index contributed by atoms with van der Waals surface area (Å²) in [7, 11) is 0. The Kier molecular flexibility index (Phi) is 3.16. The Morgan fingerprint density at radius 2 is 2.03 bits per heavy atom. The summed E-state index contributed by atoms with van der Waals surface area (Å²) >= 11 is 0. The number of ether oxygens (including phenoxy) is 2. The van der Waals surface area contributed by atoms with Crippen LogP contribution in [-0.4, -0.2) is 35.0 Å². The minimum absolute atomic E-state index is 0.188. The highest BCUT2D eigenvalue weighted by atomic mass is 16.7. The largest absolute Gasteiger partial charge is 0.454 e. The fourth-order valence-electron chi connectivity index (χ4n) is 4.55. The molecule has 0 bridgehead atoms. The number of aromatic amines is 1. The third-order valence-corrected chi connectivity index (χ3v) is 5.85. The summed E-state index contributed by atoms with van der Waals surface area (Å²) in [4.78, 5) is 30.0. The first-order valence-corrected chi connectivity index (χ1v) is 9.44. The van der Waals surface area contributed by atoms with E-state index in [-0.39, 0.29) is 31.1 Å². The monoisotopic (exact) mass is 387 g/mol. The van der Waals surface area contributed by atoms with Crippen LogP contribution < -0.4 is 14.8 Å². The van der Waals surface area contributed by atoms with E-state index in [9.17, 15) is 9.59 Å². The van der Waals surface area contributed by atoms with E-state index in [1.54, 1.807) is 0 Å². The lowest BCUT2D eigenvalue weighted by Gasteiger charge is -2.19. The van der Waals surface area contributed by atoms with Gasteiger partial charge in [0.05, 0.1) is 12.1 Å². The molecule has 0 saturated carbocycles. The summed E-state index contributed by atoms with van der Waals surface area (Å²) in [5.74, 6) is 0.501. The standard InChI is InChI=1S/C22H17N3O4/c1-11(26)25-9-16-21(22(25)27)19(12-5-6-17-18(7-12)29-10-28-17)13-8-23-14-3-2-4-15(24-16)20(13)14/h2-8,19,23-24H,9-10H2,1H3. The Morgan fingerprint density at radius 1 is 1.17 bits per heavy atom. The molecule has 144 valence electrons. The summed E-state index contributed by atoms with van der Waals surface area (Å²) in [5, 5.41) is 4.48. The van der Waals surface area contributed by atoms with Gasteiger partial charge >= 0.3 is 0 Å². The van der Waals surface area contributed by atoms with Gasteiger partial charge in [-0.3, -0.25) is 14.5 Å². The lowest BCUT2D eigenvalue weighted by atomic mass is 9.84. The number of benzene rings is 2. The summed E-state index contributed by atoms with van der Waals surface area (Å²) in [5.41, 5.74) is 5.18. The summed E-state index contributed by atoms with van der Waals surface area (Å²) in [6.07, 6.45) is 1.95. The van der Waals surface area contributed by atoms with Crippen LogP contribution in [0.25, 0.3) is 10.9 Å². The highest BCUT2D eigenvalue weighted by molar-refractivity contribution is 6.11. The third-order valence-electron chi connectivity index (χ3n) is 5.85. The predicted octanol–water partition coefficient (Wildman–Crippen LogP) is 3.10. The Bertz CT molecular complexity index is 1260. The molecule has 0 fully saturated rings. The van der Waals surface area contributed by atoms with E-state index in [1.807, 2.05) is 42.6 Å². The molecule has 3 aliphatic rings. The van der Waals surface area contributed by atoms with Gasteiger partial charge in [-0.2, -0.15) is 0 Å². The van der Waals surface area contributed by atoms with Gasteiger partial charge in [-0.1, -0.05) is 12.1 Å². The number of hydrogen-bond donors (Lipinski definition) is 2. The molecule has 2 amide bonds. The van der Waals surface area contributed by atoms with Gasteiger partial charge in [-0.05, 0) is 35.4 Å². The van der Waals surface area contributed by atoms with Crippen molar-refractivity contribution in [3.63, 3.8) is 0 Å². The van der Waals surface area contributed by atoms with Crippen LogP contribution in [0.3, 0.4) is 0 Å². The molecule has 4 heterocycles. The molecule has 7 nitrogen and oxygen atoms in total. The number of nitrogens with zero attached hydrogens (tertiary/aromatic N) is 1. The topological polar surface area (TPSA) is 83.7 Å². The van der Waals surface area contributed by atoms with Gasteiger partial charge < -0.3 is 19.8 Å². The molecule has 1 aromatic heterocycles. The molecule has 7 heteroatoms. The summed E-state index contributed by atoms with van der Waals surface area (Å²) in [6, 6.07) is 11.7. The van der Waals surface area contributed by atoms with Crippen LogP contribution in [0.1, 0.15) is 24.0 Å². The zero-order valence-corrected chi connectivity index (χ0v) is 15.6. The van der Waals surface area contributed by atoms with Crippen LogP contribution in [0.15, 0.2) is 53.9 Å². The van der Waals surface area contributed by atoms with Crippen molar-refractivity contribution >= 4 is 28.4 Å². The van der Waals surface area contributed by atoms with E-state index in [4.69, 9.17) is 9.47 Å². The molecule has 29 heavy (non-hydrogen) atoms. The number of aromatic nitrogens is 1. The normalized spacial score (nSPS) is 19.4. The van der Waals surface area contributed by atoms with Crippen LogP contribution in [-0.2, 0) is 9.59 Å². The maximum Gasteiger partial charge on any atom is 0.259 e. The lowest BCUT2D eigenvalue weighted by Crippen LogP contribution is -2.33. The zero-order valence-electron chi connectivity index (χ0n) is 15.6. The molecule has 0 radical (unpaired) electrons. The van der Waals surface area contributed by atoms with Crippen LogP contribution in [0, 0.1) is 0 Å². The number of fused-ring (bicyclic) bond motifs is 1. The van der Waals surface area contributed by atoms with E-state index >= 15 is 0 Å². The number of carbonyl (C=O) groups excluding carboxylic acids is 2. The first-order valence-electron chi connectivity index (χ1n) is 9.44. The van der Waals surface area contributed by atoms with E-state index in [1.165, 1.54) is 11.8 Å². The number of imide groups is 1. The molecular formula is C22H17N3O4. The van der Waals surface area contributed by atoms with Gasteiger partial charge in [0.15, 0.2) is 11.5 Å². The van der Waals surface area contributed by atoms with Gasteiger partial charge in [-0.25, -0.2) is 0 Å². The number of rotatable bonds is 1. The molecule has 3 aromatic rings. The lowest BCUT2D eigenvalue weighted by molar-refractivity contribution is -0.139. The minimum atomic E-state index is -0.332. The number of carbonyl (C=O) groups is 2. The highest BCUT2D eigenvalue weighted by Gasteiger charge is 2.41. The predicted molar refractivity (Wildman–Crippen MR) is 106 cm³/mol. The van der Waals surface area contributed by atoms with Gasteiger partial charge in [0, 0.05) is 41.3 Å². The fourth-order valence-corrected chi connectivity index (χ4v) is 4.55. The number of amides is 2. The highest BCUT2D eigenvalue weighted by Crippen LogP contribution is 2.47. The molecule has 0 spiro atoms. The van der Waals surface area contributed by atoms with E-state index in [0.717, 1.165) is 33.4 Å². The Balaban J connectivity index is 1.61. The average molecular weight is 387 g/mol. The smallest absolute Gasteiger partial charge is 0.259 e. The van der Waals surface area contributed by atoms with Crippen molar-refractivity contribution in [3.05, 3.63) is 65.0 Å². The molecule has 2 N–H and O–H groups in total. The number of nitrogens with one attached hydrogen (secondary N) is 2. The Hall–Kier alpha value is -3.74. The van der Waals surface area contributed by atoms with Crippen LogP contribution in [0.5, 0.6) is 11.5 Å². The molecule has 2 aromatic carbocycles. The molecule has 0 aliphatic carbocycles. The maximum absolute atomic E-state index is 13.3. The van der Waals surface area contributed by atoms with Crippen molar-refractivity contribution in [1.82, 2.24) is 9.88 Å². The third kappa shape index (κ3) is 2.18. The fraction of sp³-hybridized carbons (Fsp3) is 0.182. The average Bonchev–Trinajstić information content (AvgIpc) is 3.39. The van der Waals surface area contributed by atoms with E-state index in [0.29, 0.717) is 17.1 Å². The quantitative estimate of drug-likeness (QED) is 0.670. The second-order valence-electron chi connectivity index (χ2n) is 7.45. The molecule has 0 saturated heterocycles. The van der Waals surface area contributed by atoms with Crippen molar-refractivity contribution in [1.29, 1.82) is 0 Å². The van der Waals surface area contributed by atoms with E-state index < -0.39 is 0 Å². The van der Waals surface area contributed by atoms with Crippen molar-refractivity contribution in [2.45, 2.75) is 12.8 Å². The first kappa shape index (κ1) is 16.2. The Morgan fingerprint density at radius 3 is 2.90 bits per heavy atom. The van der Waals surface area contributed by atoms with Crippen molar-refractivity contribution < 1.29 is 19.1 Å². The number of hydrogen-bond acceptors (Lipinski definition) is 5. The van der Waals surface area contributed by atoms with Crippen molar-refractivity contribution in [3.8, 4) is 11.5 Å². The van der Waals surface area contributed by atoms with Crippen LogP contribution >= 0.6 is 0 Å². The minimum Gasteiger partial charge on any atom is -0.454 e. The van der Waals surface area contributed by atoms with Gasteiger partial charge in [-0.15, -0.1) is 0 Å². The second kappa shape index (κ2) is 5.64. The molecule has 1 unspecified atom stereocenters. The van der Waals surface area contributed by atoms with Gasteiger partial charge in [0.1, 0.15) is 0 Å². The first-order chi connectivity index (χ1) is 14.1. The van der Waals surface area contributed by atoms with Crippen LogP contribution in [0.4, 0.5) is 5.69 Å². The molecule has 3 aliphatic heterocycles.